The normalized spacial score (nSPS) is 19.1. The van der Waals surface area contributed by atoms with Crippen molar-refractivity contribution >= 4 is 46.5 Å². The van der Waals surface area contributed by atoms with Crippen LogP contribution in [0.5, 0.6) is 0 Å². The second kappa shape index (κ2) is 8.02. The first-order valence-corrected chi connectivity index (χ1v) is 11.2. The van der Waals surface area contributed by atoms with Gasteiger partial charge in [0, 0.05) is 26.7 Å². The van der Waals surface area contributed by atoms with Gasteiger partial charge in [0.15, 0.2) is 0 Å². The molecule has 2 aromatic rings. The van der Waals surface area contributed by atoms with Crippen LogP contribution >= 0.6 is 22.6 Å². The Balaban J connectivity index is 1.73. The van der Waals surface area contributed by atoms with E-state index in [4.69, 9.17) is 0 Å². The van der Waals surface area contributed by atoms with Crippen molar-refractivity contribution in [2.24, 2.45) is 0 Å². The minimum atomic E-state index is -0.630. The minimum Gasteiger partial charge on any atom is -0.318 e. The third-order valence-corrected chi connectivity index (χ3v) is 7.20. The topological polar surface area (TPSA) is 71.4 Å². The third kappa shape index (κ3) is 3.59. The molecule has 2 aliphatic rings. The first kappa shape index (κ1) is 20.8. The van der Waals surface area contributed by atoms with E-state index in [-0.39, 0.29) is 11.6 Å². The van der Waals surface area contributed by atoms with Gasteiger partial charge in [-0.1, -0.05) is 12.8 Å². The molecule has 1 aliphatic heterocycles. The highest BCUT2D eigenvalue weighted by Crippen LogP contribution is 2.29. The zero-order valence-corrected chi connectivity index (χ0v) is 19.4. The average Bonchev–Trinajstić information content (AvgIpc) is 3.29. The lowest BCUT2D eigenvalue weighted by Gasteiger charge is -2.31. The van der Waals surface area contributed by atoms with E-state index in [1.54, 1.807) is 6.08 Å². The van der Waals surface area contributed by atoms with E-state index in [1.807, 2.05) is 19.9 Å². The number of carbonyl (C=O) groups is 3. The number of aryl methyl sites for hydroxylation is 2. The van der Waals surface area contributed by atoms with Crippen molar-refractivity contribution in [3.8, 4) is 5.69 Å². The van der Waals surface area contributed by atoms with Crippen LogP contribution in [0.25, 0.3) is 11.8 Å². The summed E-state index contributed by atoms with van der Waals surface area (Å²) in [4.78, 5) is 39.1. The smallest absolute Gasteiger partial charge is 0.318 e. The molecule has 6 nitrogen and oxygen atoms in total. The number of hydrogen-bond donors (Lipinski definition) is 1. The molecule has 4 rings (SSSR count). The van der Waals surface area contributed by atoms with Crippen molar-refractivity contribution < 1.29 is 14.4 Å². The number of imide groups is 2. The second-order valence-electron chi connectivity index (χ2n) is 8.03. The van der Waals surface area contributed by atoms with Gasteiger partial charge in [0.2, 0.25) is 0 Å². The molecular formula is C23H24IN3O3. The van der Waals surface area contributed by atoms with Crippen LogP contribution < -0.4 is 5.32 Å². The lowest BCUT2D eigenvalue weighted by atomic mass is 10.1. The Morgan fingerprint density at radius 2 is 1.77 bits per heavy atom. The minimum absolute atomic E-state index is 0.0144. The summed E-state index contributed by atoms with van der Waals surface area (Å²) in [5.41, 5.74) is 4.98. The molecule has 2 heterocycles. The molecule has 156 valence electrons. The van der Waals surface area contributed by atoms with Gasteiger partial charge in [-0.05, 0) is 97.7 Å². The van der Waals surface area contributed by atoms with Gasteiger partial charge in [0.05, 0.1) is 0 Å². The van der Waals surface area contributed by atoms with Gasteiger partial charge >= 0.3 is 6.03 Å². The summed E-state index contributed by atoms with van der Waals surface area (Å²) in [5.74, 6) is -1.13. The Morgan fingerprint density at radius 1 is 1.07 bits per heavy atom. The molecule has 7 heteroatoms. The van der Waals surface area contributed by atoms with E-state index < -0.39 is 17.8 Å². The SMILES string of the molecule is Cc1cc(-n2c(C)cc(/C=C3/C(=O)NC(=O)N(C4CCCC4)C3=O)c2C)ccc1I. The van der Waals surface area contributed by atoms with Crippen molar-refractivity contribution in [1.82, 2.24) is 14.8 Å². The van der Waals surface area contributed by atoms with Crippen LogP contribution in [0.2, 0.25) is 0 Å². The van der Waals surface area contributed by atoms with Gasteiger partial charge in [-0.2, -0.15) is 0 Å². The lowest BCUT2D eigenvalue weighted by Crippen LogP contribution is -2.57. The Bertz CT molecular complexity index is 1090. The molecule has 1 saturated carbocycles. The van der Waals surface area contributed by atoms with E-state index in [0.29, 0.717) is 0 Å². The van der Waals surface area contributed by atoms with Crippen LogP contribution in [0.4, 0.5) is 4.79 Å². The highest BCUT2D eigenvalue weighted by atomic mass is 127. The molecule has 1 aromatic carbocycles. The molecule has 0 atom stereocenters. The van der Waals surface area contributed by atoms with Gasteiger partial charge in [-0.25, -0.2) is 4.79 Å². The molecule has 0 spiro atoms. The fourth-order valence-corrected chi connectivity index (χ4v) is 4.76. The first-order valence-electron chi connectivity index (χ1n) is 10.1. The van der Waals surface area contributed by atoms with Gasteiger partial charge in [0.25, 0.3) is 11.8 Å². The van der Waals surface area contributed by atoms with Crippen LogP contribution in [-0.2, 0) is 9.59 Å². The van der Waals surface area contributed by atoms with Gasteiger partial charge in [-0.3, -0.25) is 19.8 Å². The summed E-state index contributed by atoms with van der Waals surface area (Å²) in [7, 11) is 0. The fraction of sp³-hybridized carbons (Fsp3) is 0.348. The summed E-state index contributed by atoms with van der Waals surface area (Å²) < 4.78 is 3.31. The highest BCUT2D eigenvalue weighted by Gasteiger charge is 2.40. The predicted octanol–water partition coefficient (Wildman–Crippen LogP) is 4.41. The zero-order valence-electron chi connectivity index (χ0n) is 17.3. The number of urea groups is 1. The van der Waals surface area contributed by atoms with E-state index >= 15 is 0 Å². The first-order chi connectivity index (χ1) is 14.3. The Hall–Kier alpha value is -2.42. The summed E-state index contributed by atoms with van der Waals surface area (Å²) in [6.07, 6.45) is 5.18. The molecular weight excluding hydrogens is 493 g/mol. The summed E-state index contributed by atoms with van der Waals surface area (Å²) >= 11 is 2.31. The lowest BCUT2D eigenvalue weighted by molar-refractivity contribution is -0.131. The maximum Gasteiger partial charge on any atom is 0.331 e. The monoisotopic (exact) mass is 517 g/mol. The number of aromatic nitrogens is 1. The average molecular weight is 517 g/mol. The number of barbiturate groups is 1. The Kier molecular flexibility index (Phi) is 5.57. The molecule has 1 N–H and O–H groups in total. The van der Waals surface area contributed by atoms with Gasteiger partial charge in [-0.15, -0.1) is 0 Å². The number of halogens is 1. The van der Waals surface area contributed by atoms with Gasteiger partial charge in [0.1, 0.15) is 5.57 Å². The predicted molar refractivity (Wildman–Crippen MR) is 123 cm³/mol. The van der Waals surface area contributed by atoms with Crippen LogP contribution in [-0.4, -0.2) is 33.4 Å². The van der Waals surface area contributed by atoms with Crippen molar-refractivity contribution in [2.75, 3.05) is 0 Å². The zero-order chi connectivity index (χ0) is 21.6. The molecule has 4 amide bonds. The Morgan fingerprint density at radius 3 is 2.43 bits per heavy atom. The standard InChI is InChI=1S/C23H24IN3O3/c1-13-10-18(8-9-20(13)24)26-14(2)11-16(15(26)3)12-19-21(28)25-23(30)27(22(19)29)17-6-4-5-7-17/h8-12,17H,4-7H2,1-3H3,(H,25,28,30)/b19-12-. The molecule has 2 fully saturated rings. The second-order valence-corrected chi connectivity index (χ2v) is 9.19. The number of nitrogens with one attached hydrogen (secondary N) is 1. The number of hydrogen-bond acceptors (Lipinski definition) is 3. The van der Waals surface area contributed by atoms with Crippen molar-refractivity contribution in [1.29, 1.82) is 0 Å². The maximum atomic E-state index is 13.1. The molecule has 1 aliphatic carbocycles. The van der Waals surface area contributed by atoms with E-state index in [1.165, 1.54) is 14.0 Å². The maximum absolute atomic E-state index is 13.1. The molecule has 1 aromatic heterocycles. The van der Waals surface area contributed by atoms with E-state index in [9.17, 15) is 14.4 Å². The molecule has 1 saturated heterocycles. The molecule has 0 bridgehead atoms. The van der Waals surface area contributed by atoms with E-state index in [0.717, 1.165) is 48.3 Å². The fourth-order valence-electron chi connectivity index (χ4n) is 4.42. The molecule has 0 radical (unpaired) electrons. The third-order valence-electron chi connectivity index (χ3n) is 5.99. The highest BCUT2D eigenvalue weighted by molar-refractivity contribution is 14.1. The Labute approximate surface area is 189 Å². The van der Waals surface area contributed by atoms with Crippen molar-refractivity contribution in [3.05, 3.63) is 55.9 Å². The summed E-state index contributed by atoms with van der Waals surface area (Å²) in [6.45, 7) is 6.04. The van der Waals surface area contributed by atoms with E-state index in [2.05, 4.69) is 57.6 Å². The van der Waals surface area contributed by atoms with Crippen LogP contribution in [0, 0.1) is 24.3 Å². The van der Waals surface area contributed by atoms with Crippen LogP contribution in [0.1, 0.15) is 48.2 Å². The number of benzene rings is 1. The molecule has 0 unspecified atom stereocenters. The summed E-state index contributed by atoms with van der Waals surface area (Å²) in [6, 6.07) is 7.49. The van der Waals surface area contributed by atoms with Crippen molar-refractivity contribution in [2.45, 2.75) is 52.5 Å². The largest absolute Gasteiger partial charge is 0.331 e. The number of rotatable bonds is 3. The van der Waals surface area contributed by atoms with Gasteiger partial charge < -0.3 is 4.57 Å². The summed E-state index contributed by atoms with van der Waals surface area (Å²) in [5, 5.41) is 2.34. The molecule has 30 heavy (non-hydrogen) atoms. The quantitative estimate of drug-likeness (QED) is 0.373. The number of nitrogens with zero attached hydrogens (tertiary/aromatic N) is 2. The number of carbonyl (C=O) groups excluding carboxylic acids is 3. The van der Waals surface area contributed by atoms with Crippen LogP contribution in [0.15, 0.2) is 29.8 Å². The number of amides is 4. The van der Waals surface area contributed by atoms with Crippen LogP contribution in [0.3, 0.4) is 0 Å². The van der Waals surface area contributed by atoms with Crippen molar-refractivity contribution in [3.63, 3.8) is 0 Å².